The number of hydrogen-bond donors (Lipinski definition) is 1. The highest BCUT2D eigenvalue weighted by Crippen LogP contribution is 2.35. The summed E-state index contributed by atoms with van der Waals surface area (Å²) in [6, 6.07) is 7.75. The highest BCUT2D eigenvalue weighted by Gasteiger charge is 2.37. The Morgan fingerprint density at radius 3 is 2.58 bits per heavy atom. The van der Waals surface area contributed by atoms with Crippen LogP contribution in [-0.4, -0.2) is 31.6 Å². The molecule has 2 aromatic carbocycles. The van der Waals surface area contributed by atoms with E-state index in [0.717, 1.165) is 24.9 Å². The third-order valence-corrected chi connectivity index (χ3v) is 6.21. The molecule has 1 fully saturated rings. The minimum absolute atomic E-state index is 0.153. The number of carbonyl (C=O) groups excluding carboxylic acids is 3. The molecule has 0 aromatic heterocycles. The molecular weight excluding hydrogens is 579 g/mol. The number of ether oxygens (including phenoxy) is 2. The van der Waals surface area contributed by atoms with Crippen LogP contribution in [0, 0.1) is 10.5 Å². The fourth-order valence-corrected chi connectivity index (χ4v) is 4.02. The summed E-state index contributed by atoms with van der Waals surface area (Å²) in [5.74, 6) is -0.350. The zero-order valence-electron chi connectivity index (χ0n) is 17.1. The van der Waals surface area contributed by atoms with Crippen molar-refractivity contribution in [2.75, 3.05) is 18.6 Å². The minimum atomic E-state index is -0.788. The first-order valence-corrected chi connectivity index (χ1v) is 11.3. The molecule has 7 nitrogen and oxygen atoms in total. The van der Waals surface area contributed by atoms with Gasteiger partial charge in [0.05, 0.1) is 23.0 Å². The van der Waals surface area contributed by atoms with Crippen molar-refractivity contribution >= 4 is 68.1 Å². The maximum absolute atomic E-state index is 13.1. The molecule has 3 rings (SSSR count). The van der Waals surface area contributed by atoms with Gasteiger partial charge in [-0.1, -0.05) is 22.9 Å². The molecule has 0 atom stereocenters. The number of nitrogens with one attached hydrogen (secondary N) is 1. The van der Waals surface area contributed by atoms with E-state index in [1.54, 1.807) is 30.3 Å². The van der Waals surface area contributed by atoms with Crippen molar-refractivity contribution in [3.63, 3.8) is 0 Å². The summed E-state index contributed by atoms with van der Waals surface area (Å²) in [7, 11) is 1.52. The van der Waals surface area contributed by atoms with Crippen LogP contribution in [0.5, 0.6) is 11.5 Å². The smallest absolute Gasteiger partial charge is 0.335 e. The van der Waals surface area contributed by atoms with Crippen molar-refractivity contribution in [3.8, 4) is 11.5 Å². The van der Waals surface area contributed by atoms with E-state index < -0.39 is 17.8 Å². The molecule has 31 heavy (non-hydrogen) atoms. The summed E-state index contributed by atoms with van der Waals surface area (Å²) in [6.07, 6.45) is 2.29. The van der Waals surface area contributed by atoms with Crippen molar-refractivity contribution < 1.29 is 23.9 Å². The molecule has 1 N–H and O–H groups in total. The number of carbonyl (C=O) groups is 3. The van der Waals surface area contributed by atoms with Gasteiger partial charge in [0.15, 0.2) is 11.5 Å². The summed E-state index contributed by atoms with van der Waals surface area (Å²) >= 11 is 5.51. The quantitative estimate of drug-likeness (QED) is 0.293. The van der Waals surface area contributed by atoms with Crippen molar-refractivity contribution in [2.24, 2.45) is 0 Å². The van der Waals surface area contributed by atoms with Crippen molar-refractivity contribution in [1.29, 1.82) is 0 Å². The second-order valence-corrected chi connectivity index (χ2v) is 8.79. The molecule has 1 aliphatic rings. The van der Waals surface area contributed by atoms with Crippen LogP contribution in [0.15, 0.2) is 40.4 Å². The van der Waals surface area contributed by atoms with E-state index in [-0.39, 0.29) is 5.57 Å². The number of halogens is 2. The molecule has 0 saturated carbocycles. The molecule has 1 aliphatic heterocycles. The van der Waals surface area contributed by atoms with Crippen molar-refractivity contribution in [1.82, 2.24) is 5.32 Å². The van der Waals surface area contributed by atoms with Gasteiger partial charge in [0.25, 0.3) is 11.8 Å². The number of aryl methyl sites for hydroxylation is 1. The van der Waals surface area contributed by atoms with E-state index in [9.17, 15) is 14.4 Å². The second kappa shape index (κ2) is 9.82. The van der Waals surface area contributed by atoms with E-state index >= 15 is 0 Å². The Bertz CT molecular complexity index is 1100. The fourth-order valence-electron chi connectivity index (χ4n) is 2.99. The van der Waals surface area contributed by atoms with Crippen LogP contribution in [0.25, 0.3) is 6.08 Å². The lowest BCUT2D eigenvalue weighted by atomic mass is 10.1. The van der Waals surface area contributed by atoms with Crippen LogP contribution in [0.2, 0.25) is 0 Å². The Labute approximate surface area is 202 Å². The van der Waals surface area contributed by atoms with Crippen LogP contribution in [0.3, 0.4) is 0 Å². The topological polar surface area (TPSA) is 84.9 Å². The standard InChI is InChI=1S/C22H20BrIN2O5/c1-4-7-31-19-17(24)10-13(11-18(19)30-3)9-15-20(27)25-22(29)26(21(15)28)14-5-6-16(23)12(2)8-14/h5-6,8-11H,4,7H2,1-3H3,(H,25,27,29)/b15-9-. The Balaban J connectivity index is 2.01. The average Bonchev–Trinajstić information content (AvgIpc) is 2.72. The largest absolute Gasteiger partial charge is 0.493 e. The molecule has 9 heteroatoms. The van der Waals surface area contributed by atoms with Gasteiger partial charge in [0, 0.05) is 4.47 Å². The number of imide groups is 2. The van der Waals surface area contributed by atoms with E-state index in [1.165, 1.54) is 13.2 Å². The van der Waals surface area contributed by atoms with E-state index in [0.29, 0.717) is 29.4 Å². The average molecular weight is 599 g/mol. The zero-order chi connectivity index (χ0) is 22.7. The van der Waals surface area contributed by atoms with Crippen LogP contribution < -0.4 is 19.7 Å². The van der Waals surface area contributed by atoms with E-state index in [1.807, 2.05) is 13.8 Å². The minimum Gasteiger partial charge on any atom is -0.493 e. The first-order valence-electron chi connectivity index (χ1n) is 9.44. The fraction of sp³-hybridized carbons (Fsp3) is 0.227. The molecule has 4 amide bonds. The Morgan fingerprint density at radius 1 is 1.19 bits per heavy atom. The number of anilines is 1. The Hall–Kier alpha value is -2.40. The lowest BCUT2D eigenvalue weighted by Crippen LogP contribution is -2.54. The number of hydrogen-bond acceptors (Lipinski definition) is 5. The van der Waals surface area contributed by atoms with Crippen molar-refractivity contribution in [3.05, 3.63) is 55.1 Å². The van der Waals surface area contributed by atoms with Gasteiger partial charge >= 0.3 is 6.03 Å². The zero-order valence-corrected chi connectivity index (χ0v) is 20.9. The van der Waals surface area contributed by atoms with Gasteiger partial charge in [-0.25, -0.2) is 9.69 Å². The number of benzene rings is 2. The number of rotatable bonds is 6. The number of barbiturate groups is 1. The highest BCUT2D eigenvalue weighted by molar-refractivity contribution is 14.1. The van der Waals surface area contributed by atoms with Crippen molar-refractivity contribution in [2.45, 2.75) is 20.3 Å². The van der Waals surface area contributed by atoms with Gasteiger partial charge in [0.1, 0.15) is 5.57 Å². The predicted molar refractivity (Wildman–Crippen MR) is 129 cm³/mol. The number of urea groups is 1. The van der Waals surface area contributed by atoms with Gasteiger partial charge in [-0.2, -0.15) is 0 Å². The second-order valence-electron chi connectivity index (χ2n) is 6.77. The summed E-state index contributed by atoms with van der Waals surface area (Å²) < 4.78 is 12.8. The van der Waals surface area contributed by atoms with Crippen LogP contribution in [0.1, 0.15) is 24.5 Å². The lowest BCUT2D eigenvalue weighted by Gasteiger charge is -2.26. The van der Waals surface area contributed by atoms with Crippen LogP contribution in [0.4, 0.5) is 10.5 Å². The van der Waals surface area contributed by atoms with Gasteiger partial charge in [0.2, 0.25) is 0 Å². The molecule has 2 aromatic rings. The number of nitrogens with zero attached hydrogens (tertiary/aromatic N) is 1. The summed E-state index contributed by atoms with van der Waals surface area (Å²) in [5.41, 5.74) is 1.64. The first-order chi connectivity index (χ1) is 14.8. The maximum Gasteiger partial charge on any atom is 0.335 e. The van der Waals surface area contributed by atoms with Crippen LogP contribution >= 0.6 is 38.5 Å². The molecular formula is C22H20BrIN2O5. The van der Waals surface area contributed by atoms with Gasteiger partial charge < -0.3 is 9.47 Å². The molecule has 1 saturated heterocycles. The third kappa shape index (κ3) is 4.93. The molecule has 0 bridgehead atoms. The number of amides is 4. The monoisotopic (exact) mass is 598 g/mol. The molecule has 0 spiro atoms. The Morgan fingerprint density at radius 2 is 1.94 bits per heavy atom. The summed E-state index contributed by atoms with van der Waals surface area (Å²) in [4.78, 5) is 38.9. The summed E-state index contributed by atoms with van der Waals surface area (Å²) in [6.45, 7) is 4.39. The Kier molecular flexibility index (Phi) is 7.37. The van der Waals surface area contributed by atoms with Gasteiger partial charge in [-0.15, -0.1) is 0 Å². The number of methoxy groups -OCH3 is 1. The third-order valence-electron chi connectivity index (χ3n) is 4.51. The summed E-state index contributed by atoms with van der Waals surface area (Å²) in [5, 5.41) is 2.23. The normalized spacial score (nSPS) is 15.3. The highest BCUT2D eigenvalue weighted by atomic mass is 127. The molecule has 0 unspecified atom stereocenters. The lowest BCUT2D eigenvalue weighted by molar-refractivity contribution is -0.122. The molecule has 1 heterocycles. The molecule has 0 aliphatic carbocycles. The maximum atomic E-state index is 13.1. The van der Waals surface area contributed by atoms with Gasteiger partial charge in [-0.05, 0) is 83.5 Å². The van der Waals surface area contributed by atoms with E-state index in [2.05, 4.69) is 43.8 Å². The van der Waals surface area contributed by atoms with Gasteiger partial charge in [-0.3, -0.25) is 14.9 Å². The molecule has 162 valence electrons. The molecule has 0 radical (unpaired) electrons. The SMILES string of the molecule is CCCOc1c(I)cc(/C=C2/C(=O)NC(=O)N(c3ccc(Br)c(C)c3)C2=O)cc1OC. The predicted octanol–water partition coefficient (Wildman–Crippen LogP) is 4.83. The van der Waals surface area contributed by atoms with Crippen LogP contribution in [-0.2, 0) is 9.59 Å². The first kappa shape index (κ1) is 23.3. The van der Waals surface area contributed by atoms with E-state index in [4.69, 9.17) is 9.47 Å².